The molecule has 106 valence electrons. The standard InChI is InChI=1S/C15H14N4O2/c1-2-14-17-15-16-10(12-5-3-7-20-12)9-11(19(15)18-14)13-6-4-8-21-13/h3-9,11H,2H2,1H3,(H,16,17,18). The van der Waals surface area contributed by atoms with Gasteiger partial charge in [0, 0.05) is 6.42 Å². The Hall–Kier alpha value is -2.76. The first-order valence-corrected chi connectivity index (χ1v) is 6.86. The first kappa shape index (κ1) is 12.0. The van der Waals surface area contributed by atoms with Crippen molar-refractivity contribution >= 4 is 11.6 Å². The molecule has 4 rings (SSSR count). The number of anilines is 1. The molecule has 0 aromatic carbocycles. The molecule has 0 bridgehead atoms. The largest absolute Gasteiger partial charge is 0.467 e. The normalized spacial score (nSPS) is 17.2. The highest BCUT2D eigenvalue weighted by Gasteiger charge is 2.27. The van der Waals surface area contributed by atoms with Crippen LogP contribution in [0.25, 0.3) is 5.70 Å². The molecule has 4 heterocycles. The number of fused-ring (bicyclic) bond motifs is 1. The summed E-state index contributed by atoms with van der Waals surface area (Å²) in [5, 5.41) is 7.79. The fourth-order valence-corrected chi connectivity index (χ4v) is 2.42. The van der Waals surface area contributed by atoms with Gasteiger partial charge in [0.15, 0.2) is 5.82 Å². The van der Waals surface area contributed by atoms with E-state index in [2.05, 4.69) is 15.4 Å². The van der Waals surface area contributed by atoms with Crippen molar-refractivity contribution in [2.75, 3.05) is 5.32 Å². The predicted octanol–water partition coefficient (Wildman–Crippen LogP) is 3.08. The van der Waals surface area contributed by atoms with Crippen LogP contribution in [0.3, 0.4) is 0 Å². The molecule has 1 N–H and O–H groups in total. The van der Waals surface area contributed by atoms with Crippen molar-refractivity contribution in [3.8, 4) is 0 Å². The lowest BCUT2D eigenvalue weighted by Gasteiger charge is -2.21. The molecule has 1 unspecified atom stereocenters. The van der Waals surface area contributed by atoms with E-state index in [0.717, 1.165) is 29.5 Å². The lowest BCUT2D eigenvalue weighted by molar-refractivity contribution is 0.446. The Morgan fingerprint density at radius 3 is 2.81 bits per heavy atom. The van der Waals surface area contributed by atoms with Gasteiger partial charge in [0.25, 0.3) is 0 Å². The first-order valence-electron chi connectivity index (χ1n) is 6.86. The minimum Gasteiger partial charge on any atom is -0.467 e. The van der Waals surface area contributed by atoms with Crippen molar-refractivity contribution in [1.29, 1.82) is 0 Å². The number of hydrogen-bond donors (Lipinski definition) is 1. The van der Waals surface area contributed by atoms with E-state index in [1.54, 1.807) is 12.5 Å². The fraction of sp³-hybridized carbons (Fsp3) is 0.200. The zero-order chi connectivity index (χ0) is 14.2. The van der Waals surface area contributed by atoms with E-state index in [-0.39, 0.29) is 6.04 Å². The molecule has 0 aliphatic carbocycles. The SMILES string of the molecule is CCc1nc2n(n1)C(c1ccco1)C=C(c1ccco1)N2. The highest BCUT2D eigenvalue weighted by Crippen LogP contribution is 2.32. The van der Waals surface area contributed by atoms with Crippen LogP contribution in [-0.2, 0) is 6.42 Å². The van der Waals surface area contributed by atoms with Gasteiger partial charge in [-0.3, -0.25) is 0 Å². The van der Waals surface area contributed by atoms with Gasteiger partial charge in [0.05, 0.1) is 18.2 Å². The molecular weight excluding hydrogens is 268 g/mol. The molecule has 0 spiro atoms. The van der Waals surface area contributed by atoms with Gasteiger partial charge < -0.3 is 14.2 Å². The smallest absolute Gasteiger partial charge is 0.227 e. The Morgan fingerprint density at radius 1 is 1.24 bits per heavy atom. The second-order valence-electron chi connectivity index (χ2n) is 4.79. The topological polar surface area (TPSA) is 69.0 Å². The number of rotatable bonds is 3. The van der Waals surface area contributed by atoms with Crippen molar-refractivity contribution in [3.63, 3.8) is 0 Å². The van der Waals surface area contributed by atoms with Crippen molar-refractivity contribution in [2.45, 2.75) is 19.4 Å². The third-order valence-electron chi connectivity index (χ3n) is 3.45. The van der Waals surface area contributed by atoms with Crippen LogP contribution >= 0.6 is 0 Å². The van der Waals surface area contributed by atoms with E-state index in [9.17, 15) is 0 Å². The Labute approximate surface area is 121 Å². The summed E-state index contributed by atoms with van der Waals surface area (Å²) in [5.41, 5.74) is 0.865. The van der Waals surface area contributed by atoms with Crippen LogP contribution in [0.1, 0.15) is 30.3 Å². The molecule has 0 fully saturated rings. The molecule has 3 aromatic rings. The maximum absolute atomic E-state index is 5.55. The average molecular weight is 282 g/mol. The predicted molar refractivity (Wildman–Crippen MR) is 76.6 cm³/mol. The van der Waals surface area contributed by atoms with E-state index < -0.39 is 0 Å². The van der Waals surface area contributed by atoms with Gasteiger partial charge in [-0.2, -0.15) is 10.1 Å². The Balaban J connectivity index is 1.83. The van der Waals surface area contributed by atoms with Gasteiger partial charge in [-0.05, 0) is 30.3 Å². The van der Waals surface area contributed by atoms with Crippen LogP contribution in [0.5, 0.6) is 0 Å². The molecule has 3 aromatic heterocycles. The summed E-state index contributed by atoms with van der Waals surface area (Å²) in [4.78, 5) is 4.51. The molecule has 1 aliphatic heterocycles. The maximum atomic E-state index is 5.55. The van der Waals surface area contributed by atoms with Gasteiger partial charge >= 0.3 is 0 Å². The van der Waals surface area contributed by atoms with Crippen LogP contribution in [0.4, 0.5) is 5.95 Å². The average Bonchev–Trinajstić information content (AvgIpc) is 3.24. The summed E-state index contributed by atoms with van der Waals surface area (Å²) >= 11 is 0. The quantitative estimate of drug-likeness (QED) is 0.799. The first-order chi connectivity index (χ1) is 10.3. The van der Waals surface area contributed by atoms with Crippen molar-refractivity contribution < 1.29 is 8.83 Å². The highest BCUT2D eigenvalue weighted by molar-refractivity contribution is 5.74. The van der Waals surface area contributed by atoms with Crippen LogP contribution in [0.2, 0.25) is 0 Å². The summed E-state index contributed by atoms with van der Waals surface area (Å²) in [6.07, 6.45) is 6.12. The zero-order valence-electron chi connectivity index (χ0n) is 11.5. The lowest BCUT2D eigenvalue weighted by Crippen LogP contribution is -2.19. The summed E-state index contributed by atoms with van der Waals surface area (Å²) in [6, 6.07) is 7.43. The summed E-state index contributed by atoms with van der Waals surface area (Å²) in [7, 11) is 0. The molecule has 0 radical (unpaired) electrons. The van der Waals surface area contributed by atoms with Gasteiger partial charge in [0.2, 0.25) is 5.95 Å². The molecule has 6 nitrogen and oxygen atoms in total. The summed E-state index contributed by atoms with van der Waals surface area (Å²) in [6.45, 7) is 2.03. The van der Waals surface area contributed by atoms with Gasteiger partial charge in [-0.1, -0.05) is 6.92 Å². The molecule has 0 saturated heterocycles. The van der Waals surface area contributed by atoms with Crippen molar-refractivity contribution in [1.82, 2.24) is 14.8 Å². The van der Waals surface area contributed by atoms with Gasteiger partial charge in [-0.25, -0.2) is 4.68 Å². The zero-order valence-corrected chi connectivity index (χ0v) is 11.5. The third-order valence-corrected chi connectivity index (χ3v) is 3.45. The highest BCUT2D eigenvalue weighted by atomic mass is 16.3. The molecule has 0 amide bonds. The number of aryl methyl sites for hydroxylation is 1. The molecule has 1 atom stereocenters. The molecule has 6 heteroatoms. The number of allylic oxidation sites excluding steroid dienone is 1. The molecular formula is C15H14N4O2. The Morgan fingerprint density at radius 2 is 2.10 bits per heavy atom. The number of furan rings is 2. The minimum atomic E-state index is -0.135. The molecule has 0 saturated carbocycles. The third kappa shape index (κ3) is 1.96. The number of hydrogen-bond acceptors (Lipinski definition) is 5. The van der Waals surface area contributed by atoms with Gasteiger partial charge in [0.1, 0.15) is 17.6 Å². The van der Waals surface area contributed by atoms with Crippen LogP contribution in [-0.4, -0.2) is 14.8 Å². The van der Waals surface area contributed by atoms with Crippen LogP contribution < -0.4 is 5.32 Å². The second-order valence-corrected chi connectivity index (χ2v) is 4.79. The van der Waals surface area contributed by atoms with E-state index in [1.807, 2.05) is 41.9 Å². The maximum Gasteiger partial charge on any atom is 0.227 e. The monoisotopic (exact) mass is 282 g/mol. The second kappa shape index (κ2) is 4.66. The van der Waals surface area contributed by atoms with Crippen molar-refractivity contribution in [2.24, 2.45) is 0 Å². The van der Waals surface area contributed by atoms with Crippen LogP contribution in [0, 0.1) is 0 Å². The molecule has 1 aliphatic rings. The summed E-state index contributed by atoms with van der Waals surface area (Å²) in [5.74, 6) is 3.07. The summed E-state index contributed by atoms with van der Waals surface area (Å²) < 4.78 is 12.9. The van der Waals surface area contributed by atoms with Crippen molar-refractivity contribution in [3.05, 3.63) is 60.2 Å². The Kier molecular flexibility index (Phi) is 2.67. The van der Waals surface area contributed by atoms with Crippen LogP contribution in [0.15, 0.2) is 51.7 Å². The van der Waals surface area contributed by atoms with E-state index in [4.69, 9.17) is 8.83 Å². The fourth-order valence-electron chi connectivity index (χ4n) is 2.42. The van der Waals surface area contributed by atoms with Gasteiger partial charge in [-0.15, -0.1) is 0 Å². The lowest BCUT2D eigenvalue weighted by atomic mass is 10.1. The number of nitrogens with one attached hydrogen (secondary N) is 1. The van der Waals surface area contributed by atoms with E-state index in [0.29, 0.717) is 5.95 Å². The minimum absolute atomic E-state index is 0.135. The van der Waals surface area contributed by atoms with E-state index >= 15 is 0 Å². The molecule has 21 heavy (non-hydrogen) atoms. The Bertz CT molecular complexity index is 769. The van der Waals surface area contributed by atoms with E-state index in [1.165, 1.54) is 0 Å². The number of aromatic nitrogens is 3. The number of nitrogens with zero attached hydrogens (tertiary/aromatic N) is 3.